The molecule has 0 bridgehead atoms. The number of rotatable bonds is 32. The van der Waals surface area contributed by atoms with Crippen molar-refractivity contribution in [2.45, 2.75) is 57.1 Å². The number of hydrogen-bond donors (Lipinski definition) is 8. The van der Waals surface area contributed by atoms with E-state index in [-0.39, 0.29) is 117 Å². The monoisotopic (exact) mass is 788 g/mol. The van der Waals surface area contributed by atoms with E-state index in [1.807, 2.05) is 0 Å². The molecule has 0 heterocycles. The summed E-state index contributed by atoms with van der Waals surface area (Å²) in [5.41, 5.74) is 0. The molecule has 0 aromatic rings. The van der Waals surface area contributed by atoms with Gasteiger partial charge >= 0.3 is 0 Å². The van der Waals surface area contributed by atoms with E-state index in [2.05, 4.69) is 48.0 Å². The molecule has 1 fully saturated rings. The highest BCUT2D eigenvalue weighted by Gasteiger charge is 2.30. The number of thiol groups is 1. The lowest BCUT2D eigenvalue weighted by molar-refractivity contribution is -0.132. The van der Waals surface area contributed by atoms with Gasteiger partial charge in [-0.2, -0.15) is 0 Å². The number of carbonyl (C=O) groups excluding carboxylic acids is 4. The summed E-state index contributed by atoms with van der Waals surface area (Å²) in [7, 11) is 0. The Kier molecular flexibility index (Phi) is 28.0. The van der Waals surface area contributed by atoms with Crippen molar-refractivity contribution in [2.75, 3.05) is 105 Å². The van der Waals surface area contributed by atoms with Crippen LogP contribution in [0.25, 0.3) is 0 Å². The number of nitrogens with zero attached hydrogens (tertiary/aromatic N) is 1. The maximum atomic E-state index is 13.5. The second-order valence-electron chi connectivity index (χ2n) is 12.0. The summed E-state index contributed by atoms with van der Waals surface area (Å²) in [5, 5.41) is 11.3. The van der Waals surface area contributed by atoms with Crippen molar-refractivity contribution in [3.05, 3.63) is 0 Å². The van der Waals surface area contributed by atoms with Gasteiger partial charge in [0.2, 0.25) is 23.6 Å². The fourth-order valence-electron chi connectivity index (χ4n) is 5.28. The number of nitrogens with two attached hydrogens (primary N) is 3. The molecule has 52 heavy (non-hydrogen) atoms. The number of ether oxygens (including phenoxy) is 3. The van der Waals surface area contributed by atoms with Crippen LogP contribution in [0.2, 0.25) is 0 Å². The Hall–Kier alpha value is -1.98. The molecular formula is C30H61N8O12PS. The van der Waals surface area contributed by atoms with Gasteiger partial charge in [0, 0.05) is 38.8 Å². The third kappa shape index (κ3) is 25.1. The topological polar surface area (TPSA) is 279 Å². The first-order valence-electron chi connectivity index (χ1n) is 17.5. The third-order valence-corrected chi connectivity index (χ3v) is 8.72. The fourth-order valence-corrected chi connectivity index (χ4v) is 6.44. The molecule has 1 rings (SSSR count). The molecule has 10 N–H and O–H groups in total. The van der Waals surface area contributed by atoms with Crippen LogP contribution in [0.5, 0.6) is 0 Å². The molecule has 0 aromatic heterocycles. The van der Waals surface area contributed by atoms with Gasteiger partial charge in [-0.05, 0) is 44.9 Å². The summed E-state index contributed by atoms with van der Waals surface area (Å²) >= 11 is 4.00. The second-order valence-corrected chi connectivity index (χ2v) is 16.0. The molecule has 1 aliphatic rings. The second kappa shape index (κ2) is 30.4. The summed E-state index contributed by atoms with van der Waals surface area (Å²) < 4.78 is 33.4. The largest absolute Gasteiger partial charge is 0.377 e. The summed E-state index contributed by atoms with van der Waals surface area (Å²) in [5.74, 6) is 13.5. The molecule has 1 aliphatic carbocycles. The predicted molar refractivity (Wildman–Crippen MR) is 193 cm³/mol. The maximum Gasteiger partial charge on any atom is 0.252 e. The molecule has 1 saturated carbocycles. The molecular weight excluding hydrogens is 727 g/mol. The smallest absolute Gasteiger partial charge is 0.252 e. The van der Waals surface area contributed by atoms with Crippen molar-refractivity contribution in [2.24, 2.45) is 23.6 Å². The van der Waals surface area contributed by atoms with Gasteiger partial charge in [0.05, 0.1) is 84.7 Å². The maximum absolute atomic E-state index is 13.5. The molecule has 22 heteroatoms. The van der Waals surface area contributed by atoms with Gasteiger partial charge < -0.3 is 54.5 Å². The Morgan fingerprint density at radius 2 is 1.17 bits per heavy atom. The zero-order valence-corrected chi connectivity index (χ0v) is 32.0. The standard InChI is InChI=1S/C30H61N8O12PS/c1-51(43,52)50-25-7-5-24(6-8-25)29(41)36-9-3-2-4-26(30(42)37-12-15-46-18-21-49-33)38(22-27(39)34-10-13-44-16-19-47-31)23-28(40)35-11-14-45-17-20-48-32/h24-26H,2-23,31-33H2,1H3,(H,34,39)(H,35,40)(H,36,41)(H,37,42)(H,43,52). The van der Waals surface area contributed by atoms with Crippen LogP contribution in [0.1, 0.15) is 44.9 Å². The number of nitrogens with one attached hydrogen (secondary N) is 4. The van der Waals surface area contributed by atoms with Crippen molar-refractivity contribution in [1.82, 2.24) is 26.2 Å². The van der Waals surface area contributed by atoms with E-state index in [0.717, 1.165) is 0 Å². The number of carbonyl (C=O) groups is 4. The van der Waals surface area contributed by atoms with Crippen LogP contribution in [0.15, 0.2) is 0 Å². The van der Waals surface area contributed by atoms with Crippen LogP contribution in [-0.4, -0.2) is 146 Å². The molecule has 0 aromatic carbocycles. The molecule has 0 spiro atoms. The minimum Gasteiger partial charge on any atom is -0.377 e. The molecule has 2 atom stereocenters. The average molecular weight is 789 g/mol. The number of amides is 4. The van der Waals surface area contributed by atoms with E-state index in [1.54, 1.807) is 0 Å². The van der Waals surface area contributed by atoms with Crippen LogP contribution in [0, 0.1) is 5.92 Å². The Morgan fingerprint density at radius 3 is 1.63 bits per heavy atom. The molecule has 0 aliphatic heterocycles. The third-order valence-electron chi connectivity index (χ3n) is 7.75. The molecule has 4 amide bonds. The predicted octanol–water partition coefficient (Wildman–Crippen LogP) is -1.66. The Bertz CT molecular complexity index is 1010. The lowest BCUT2D eigenvalue weighted by Crippen LogP contribution is -2.54. The molecule has 0 radical (unpaired) electrons. The highest BCUT2D eigenvalue weighted by atomic mass is 32.7. The Labute approximate surface area is 311 Å². The molecule has 2 unspecified atom stereocenters. The van der Waals surface area contributed by atoms with Crippen LogP contribution in [-0.2, 0) is 57.0 Å². The van der Waals surface area contributed by atoms with Crippen molar-refractivity contribution in [3.63, 3.8) is 0 Å². The van der Waals surface area contributed by atoms with Crippen LogP contribution >= 0.6 is 18.8 Å². The normalized spacial score (nSPS) is 17.7. The van der Waals surface area contributed by atoms with Gasteiger partial charge in [-0.3, -0.25) is 28.6 Å². The van der Waals surface area contributed by atoms with Gasteiger partial charge in [-0.25, -0.2) is 17.7 Å². The van der Waals surface area contributed by atoms with E-state index < -0.39 is 30.3 Å². The molecule has 20 nitrogen and oxygen atoms in total. The molecule has 304 valence electrons. The van der Waals surface area contributed by atoms with E-state index in [0.29, 0.717) is 45.1 Å². The van der Waals surface area contributed by atoms with Gasteiger partial charge in [-0.15, -0.1) is 0 Å². The number of unbranched alkanes of at least 4 members (excludes halogenated alkanes) is 1. The van der Waals surface area contributed by atoms with Crippen molar-refractivity contribution in [3.8, 4) is 0 Å². The summed E-state index contributed by atoms with van der Waals surface area (Å²) in [6, 6.07) is -0.868. The van der Waals surface area contributed by atoms with E-state index in [9.17, 15) is 23.7 Å². The van der Waals surface area contributed by atoms with Gasteiger partial charge in [0.1, 0.15) is 0 Å². The minimum atomic E-state index is -2.90. The summed E-state index contributed by atoms with van der Waals surface area (Å²) in [6.07, 6.45) is 3.67. The van der Waals surface area contributed by atoms with Crippen LogP contribution < -0.4 is 39.0 Å². The summed E-state index contributed by atoms with van der Waals surface area (Å²) in [6.45, 7) is 0.944. The quantitative estimate of drug-likeness (QED) is 0.0164. The van der Waals surface area contributed by atoms with Gasteiger partial charge in [0.25, 0.3) is 6.57 Å². The first kappa shape index (κ1) is 48.0. The highest BCUT2D eigenvalue weighted by Crippen LogP contribution is 2.50. The van der Waals surface area contributed by atoms with E-state index in [1.165, 1.54) is 11.6 Å². The SMILES string of the molecule is CP(=O)(S)OC1CCC(C(=O)NCCCCC(C(=O)NCCOCCON)N(CC(=O)NCCOCCON)CC(=O)NCCOCCON)CC1. The first-order chi connectivity index (χ1) is 25.0. The zero-order valence-electron chi connectivity index (χ0n) is 30.3. The molecule has 0 saturated heterocycles. The fraction of sp³-hybridized carbons (Fsp3) is 0.867. The van der Waals surface area contributed by atoms with Crippen molar-refractivity contribution in [1.29, 1.82) is 0 Å². The minimum absolute atomic E-state index is 0.0626. The van der Waals surface area contributed by atoms with Gasteiger partial charge in [0.15, 0.2) is 0 Å². The number of hydrogen-bond acceptors (Lipinski definition) is 16. The lowest BCUT2D eigenvalue weighted by Gasteiger charge is -2.30. The van der Waals surface area contributed by atoms with E-state index in [4.69, 9.17) is 36.4 Å². The zero-order chi connectivity index (χ0) is 38.5. The Morgan fingerprint density at radius 1 is 0.692 bits per heavy atom. The first-order valence-corrected chi connectivity index (χ1v) is 20.7. The summed E-state index contributed by atoms with van der Waals surface area (Å²) in [4.78, 5) is 67.2. The van der Waals surface area contributed by atoms with E-state index >= 15 is 0 Å². The Balaban J connectivity index is 2.85. The highest BCUT2D eigenvalue weighted by molar-refractivity contribution is 8.46. The van der Waals surface area contributed by atoms with Crippen molar-refractivity contribution < 1.29 is 57.0 Å². The van der Waals surface area contributed by atoms with Crippen LogP contribution in [0.3, 0.4) is 0 Å². The average Bonchev–Trinajstić information content (AvgIpc) is 3.10. The van der Waals surface area contributed by atoms with Crippen molar-refractivity contribution >= 4 is 42.4 Å². The lowest BCUT2D eigenvalue weighted by atomic mass is 9.87. The van der Waals surface area contributed by atoms with Crippen LogP contribution in [0.4, 0.5) is 0 Å². The van der Waals surface area contributed by atoms with Gasteiger partial charge in [-0.1, -0.05) is 12.2 Å².